The van der Waals surface area contributed by atoms with Crippen LogP contribution in [0.2, 0.25) is 0 Å². The molecule has 0 fully saturated rings. The van der Waals surface area contributed by atoms with Crippen molar-refractivity contribution in [1.82, 2.24) is 4.57 Å². The van der Waals surface area contributed by atoms with E-state index in [4.69, 9.17) is 10.4 Å². The third kappa shape index (κ3) is 3.73. The van der Waals surface area contributed by atoms with E-state index in [-0.39, 0.29) is 21.4 Å². The van der Waals surface area contributed by atoms with E-state index in [1.165, 1.54) is 29.0 Å². The quantitative estimate of drug-likeness (QED) is 0.583. The van der Waals surface area contributed by atoms with Crippen molar-refractivity contribution in [3.63, 3.8) is 0 Å². The number of carbonyl (C=O) groups is 1. The lowest BCUT2D eigenvalue weighted by Crippen LogP contribution is -2.32. The summed E-state index contributed by atoms with van der Waals surface area (Å²) in [4.78, 5) is 33.7. The molecule has 10 heteroatoms. The van der Waals surface area contributed by atoms with Crippen molar-refractivity contribution in [3.05, 3.63) is 53.9 Å². The molecule has 0 saturated carbocycles. The molecule has 0 aliphatic heterocycles. The van der Waals surface area contributed by atoms with E-state index in [0.29, 0.717) is 5.69 Å². The minimum absolute atomic E-state index is 0.0505. The average molecular weight is 360 g/mol. The number of rotatable bonds is 5. The number of nitriles is 1. The van der Waals surface area contributed by atoms with Crippen LogP contribution in [0, 0.1) is 21.4 Å². The Hall–Kier alpha value is -3.45. The predicted molar refractivity (Wildman–Crippen MR) is 91.3 cm³/mol. The van der Waals surface area contributed by atoms with Gasteiger partial charge in [0.1, 0.15) is 15.3 Å². The maximum absolute atomic E-state index is 12.3. The lowest BCUT2D eigenvalue weighted by Gasteiger charge is -1.98. The van der Waals surface area contributed by atoms with Crippen LogP contribution in [0.3, 0.4) is 0 Å². The number of nitro groups is 1. The molecule has 9 nitrogen and oxygen atoms in total. The van der Waals surface area contributed by atoms with Gasteiger partial charge in [-0.1, -0.05) is 6.07 Å². The van der Waals surface area contributed by atoms with E-state index < -0.39 is 22.0 Å². The molecule has 0 bridgehead atoms. The standard InChI is InChI=1S/C15H12N4O5S/c1-2-18-13(20)12(25-14(18)11(7-16)15(21)22)8-17-9-4-3-5-10(6-9)19(23)24/h3-6,8,17H,2H2,1H3,(H,21,22). The summed E-state index contributed by atoms with van der Waals surface area (Å²) < 4.78 is 1.42. The smallest absolute Gasteiger partial charge is 0.349 e. The first-order valence-corrected chi connectivity index (χ1v) is 7.79. The first kappa shape index (κ1) is 17.9. The van der Waals surface area contributed by atoms with Crippen molar-refractivity contribution in [2.45, 2.75) is 13.5 Å². The molecule has 2 N–H and O–H groups in total. The van der Waals surface area contributed by atoms with Crippen LogP contribution >= 0.6 is 11.3 Å². The van der Waals surface area contributed by atoms with Gasteiger partial charge in [-0.25, -0.2) is 4.79 Å². The summed E-state index contributed by atoms with van der Waals surface area (Å²) in [5.74, 6) is -1.41. The fraction of sp³-hybridized carbons (Fsp3) is 0.133. The normalized spacial score (nSPS) is 12.4. The first-order chi connectivity index (χ1) is 11.9. The number of nitrogens with one attached hydrogen (secondary N) is 1. The predicted octanol–water partition coefficient (Wildman–Crippen LogP) is 0.447. The largest absolute Gasteiger partial charge is 0.477 e. The highest BCUT2D eigenvalue weighted by Crippen LogP contribution is 2.16. The Morgan fingerprint density at radius 1 is 1.56 bits per heavy atom. The van der Waals surface area contributed by atoms with Crippen LogP contribution in [0.1, 0.15) is 6.92 Å². The summed E-state index contributed by atoms with van der Waals surface area (Å²) in [5.41, 5.74) is -0.676. The Morgan fingerprint density at radius 3 is 2.84 bits per heavy atom. The van der Waals surface area contributed by atoms with Crippen LogP contribution < -0.4 is 20.1 Å². The number of hydrogen-bond acceptors (Lipinski definition) is 7. The number of nitro benzene ring substituents is 1. The van der Waals surface area contributed by atoms with Crippen molar-refractivity contribution in [2.75, 3.05) is 5.32 Å². The second-order valence-corrected chi connectivity index (χ2v) is 5.74. The third-order valence-corrected chi connectivity index (χ3v) is 4.32. The summed E-state index contributed by atoms with van der Waals surface area (Å²) >= 11 is 0.860. The highest BCUT2D eigenvalue weighted by molar-refractivity contribution is 7.07. The topological polar surface area (TPSA) is 138 Å². The van der Waals surface area contributed by atoms with E-state index in [0.717, 1.165) is 11.3 Å². The molecule has 0 radical (unpaired) electrons. The monoisotopic (exact) mass is 360 g/mol. The lowest BCUT2D eigenvalue weighted by atomic mass is 10.3. The van der Waals surface area contributed by atoms with Crippen LogP contribution in [0.4, 0.5) is 11.4 Å². The number of aromatic nitrogens is 1. The summed E-state index contributed by atoms with van der Waals surface area (Å²) in [6, 6.07) is 7.29. The van der Waals surface area contributed by atoms with Crippen molar-refractivity contribution in [2.24, 2.45) is 0 Å². The number of benzene rings is 1. The fourth-order valence-electron chi connectivity index (χ4n) is 2.04. The van der Waals surface area contributed by atoms with Crippen LogP contribution in [0.5, 0.6) is 0 Å². The van der Waals surface area contributed by atoms with Gasteiger partial charge < -0.3 is 10.4 Å². The SMILES string of the molecule is CCn1c(=C(C#N)C(=O)O)sc(=CNc2cccc([N+](=O)[O-])c2)c1=O. The number of carboxylic acids is 1. The molecule has 1 heterocycles. The number of hydrogen-bond donors (Lipinski definition) is 2. The summed E-state index contributed by atoms with van der Waals surface area (Å²) in [5, 5.41) is 31.6. The minimum atomic E-state index is -1.41. The van der Waals surface area contributed by atoms with Crippen molar-refractivity contribution < 1.29 is 14.8 Å². The van der Waals surface area contributed by atoms with Crippen LogP contribution in [-0.4, -0.2) is 20.6 Å². The molecular weight excluding hydrogens is 348 g/mol. The maximum Gasteiger partial charge on any atom is 0.349 e. The number of thiazole rings is 1. The van der Waals surface area contributed by atoms with Crippen LogP contribution in [0.25, 0.3) is 11.8 Å². The number of carboxylic acid groups (broad SMARTS) is 1. The van der Waals surface area contributed by atoms with Gasteiger partial charge in [-0.15, -0.1) is 11.3 Å². The molecule has 0 amide bonds. The molecule has 0 saturated heterocycles. The Balaban J connectivity index is 2.57. The third-order valence-electron chi connectivity index (χ3n) is 3.19. The second kappa shape index (κ2) is 7.41. The van der Waals surface area contributed by atoms with E-state index >= 15 is 0 Å². The number of nitrogens with zero attached hydrogens (tertiary/aromatic N) is 3. The average Bonchev–Trinajstić information content (AvgIpc) is 2.89. The van der Waals surface area contributed by atoms with Crippen molar-refractivity contribution >= 4 is 40.5 Å². The Labute approximate surface area is 144 Å². The van der Waals surface area contributed by atoms with Gasteiger partial charge in [0.15, 0.2) is 5.57 Å². The molecule has 0 unspecified atom stereocenters. The molecule has 0 spiro atoms. The molecule has 1 aromatic carbocycles. The summed E-state index contributed by atoms with van der Waals surface area (Å²) in [6.07, 6.45) is 1.33. The summed E-state index contributed by atoms with van der Waals surface area (Å²) in [6.45, 7) is 1.86. The molecule has 1 aromatic heterocycles. The molecule has 0 atom stereocenters. The second-order valence-electron chi connectivity index (χ2n) is 4.71. The number of non-ortho nitro benzene ring substituents is 1. The van der Waals surface area contributed by atoms with Gasteiger partial charge in [0.05, 0.1) is 4.92 Å². The van der Waals surface area contributed by atoms with Crippen LogP contribution in [-0.2, 0) is 11.3 Å². The highest BCUT2D eigenvalue weighted by Gasteiger charge is 2.13. The van der Waals surface area contributed by atoms with Gasteiger partial charge >= 0.3 is 5.97 Å². The van der Waals surface area contributed by atoms with E-state index in [1.54, 1.807) is 19.1 Å². The molecule has 2 rings (SSSR count). The van der Waals surface area contributed by atoms with E-state index in [1.807, 2.05) is 0 Å². The molecule has 128 valence electrons. The first-order valence-electron chi connectivity index (χ1n) is 6.97. The zero-order valence-corrected chi connectivity index (χ0v) is 13.7. The Bertz CT molecular complexity index is 1060. The van der Waals surface area contributed by atoms with Crippen molar-refractivity contribution in [3.8, 4) is 6.07 Å². The van der Waals surface area contributed by atoms with Crippen LogP contribution in [0.15, 0.2) is 29.1 Å². The minimum Gasteiger partial charge on any atom is -0.477 e. The molecule has 25 heavy (non-hydrogen) atoms. The van der Waals surface area contributed by atoms with Crippen molar-refractivity contribution in [1.29, 1.82) is 5.26 Å². The molecule has 0 aliphatic carbocycles. The molecular formula is C15H12N4O5S. The Kier molecular flexibility index (Phi) is 5.31. The van der Waals surface area contributed by atoms with E-state index in [2.05, 4.69) is 5.32 Å². The fourth-order valence-corrected chi connectivity index (χ4v) is 3.12. The highest BCUT2D eigenvalue weighted by atomic mass is 32.1. The van der Waals surface area contributed by atoms with Gasteiger partial charge in [-0.05, 0) is 13.0 Å². The maximum atomic E-state index is 12.3. The van der Waals surface area contributed by atoms with E-state index in [9.17, 15) is 19.7 Å². The summed E-state index contributed by atoms with van der Waals surface area (Å²) in [7, 11) is 0. The van der Waals surface area contributed by atoms with Gasteiger partial charge in [0.25, 0.3) is 11.2 Å². The zero-order chi connectivity index (χ0) is 18.6. The van der Waals surface area contributed by atoms with Gasteiger partial charge in [0.2, 0.25) is 0 Å². The lowest BCUT2D eigenvalue weighted by molar-refractivity contribution is -0.384. The van der Waals surface area contributed by atoms with Gasteiger partial charge in [0, 0.05) is 30.6 Å². The number of anilines is 1. The van der Waals surface area contributed by atoms with Gasteiger partial charge in [-0.2, -0.15) is 5.26 Å². The molecule has 2 aromatic rings. The zero-order valence-electron chi connectivity index (χ0n) is 12.9. The number of aliphatic carboxylic acids is 1. The molecule has 0 aliphatic rings. The van der Waals surface area contributed by atoms with Gasteiger partial charge in [-0.3, -0.25) is 19.5 Å². The Morgan fingerprint density at radius 2 is 2.28 bits per heavy atom.